The molecule has 0 aromatic heterocycles. The molecule has 3 amide bonds. The van der Waals surface area contributed by atoms with Gasteiger partial charge in [0.05, 0.1) is 18.8 Å². The predicted octanol–water partition coefficient (Wildman–Crippen LogP) is -4.30. The second-order valence-corrected chi connectivity index (χ2v) is 7.47. The van der Waals surface area contributed by atoms with E-state index in [2.05, 4.69) is 26.3 Å². The molecule has 1 aliphatic rings. The highest BCUT2D eigenvalue weighted by atomic mass is 16.4. The number of hydrogen-bond acceptors (Lipinski definition) is 8. The van der Waals surface area contributed by atoms with Crippen molar-refractivity contribution in [2.75, 3.05) is 19.7 Å². The zero-order valence-corrected chi connectivity index (χ0v) is 17.9. The molecule has 182 valence electrons. The maximum atomic E-state index is 12.8. The minimum Gasteiger partial charge on any atom is -0.480 e. The first-order valence-corrected chi connectivity index (χ1v) is 10.3. The Balaban J connectivity index is 2.88. The van der Waals surface area contributed by atoms with E-state index in [1.165, 1.54) is 6.92 Å². The van der Waals surface area contributed by atoms with Crippen LogP contribution >= 0.6 is 0 Å². The van der Waals surface area contributed by atoms with Gasteiger partial charge >= 0.3 is 5.97 Å². The molecule has 0 bridgehead atoms. The number of aliphatic hydroxyl groups excluding tert-OH is 2. The van der Waals surface area contributed by atoms with Gasteiger partial charge in [-0.05, 0) is 39.2 Å². The maximum Gasteiger partial charge on any atom is 0.328 e. The van der Waals surface area contributed by atoms with E-state index in [4.69, 9.17) is 21.7 Å². The molecule has 1 aliphatic heterocycles. The molecule has 0 saturated carbocycles. The SMILES string of the molecule is CC(O)C(NC(=O)C1CCCN1)C(=O)NC(CCCN=C(N)N)C(=O)NC(CO)C(=O)O. The Morgan fingerprint density at radius 3 is 2.28 bits per heavy atom. The third-order valence-electron chi connectivity index (χ3n) is 4.81. The van der Waals surface area contributed by atoms with Crippen LogP contribution in [0, 0.1) is 0 Å². The van der Waals surface area contributed by atoms with Crippen LogP contribution in [-0.4, -0.2) is 94.9 Å². The number of hydrogen-bond donors (Lipinski definition) is 9. The summed E-state index contributed by atoms with van der Waals surface area (Å²) < 4.78 is 0. The normalized spacial score (nSPS) is 19.2. The average Bonchev–Trinajstić information content (AvgIpc) is 3.26. The number of guanidine groups is 1. The lowest BCUT2D eigenvalue weighted by Crippen LogP contribution is -2.59. The summed E-state index contributed by atoms with van der Waals surface area (Å²) >= 11 is 0. The van der Waals surface area contributed by atoms with Crippen LogP contribution in [0.1, 0.15) is 32.6 Å². The Hall–Kier alpha value is -2.97. The van der Waals surface area contributed by atoms with Gasteiger partial charge in [-0.25, -0.2) is 4.79 Å². The van der Waals surface area contributed by atoms with Gasteiger partial charge in [0, 0.05) is 6.54 Å². The maximum absolute atomic E-state index is 12.8. The molecule has 5 unspecified atom stereocenters. The van der Waals surface area contributed by atoms with Crippen LogP contribution < -0.4 is 32.7 Å². The Kier molecular flexibility index (Phi) is 11.4. The Labute approximate surface area is 185 Å². The third-order valence-corrected chi connectivity index (χ3v) is 4.81. The largest absolute Gasteiger partial charge is 0.480 e. The molecular weight excluding hydrogens is 426 g/mol. The first-order valence-electron chi connectivity index (χ1n) is 10.3. The number of nitrogens with one attached hydrogen (secondary N) is 4. The first-order chi connectivity index (χ1) is 15.1. The molecule has 1 saturated heterocycles. The minimum absolute atomic E-state index is 0.0246. The summed E-state index contributed by atoms with van der Waals surface area (Å²) in [4.78, 5) is 52.5. The molecule has 0 radical (unpaired) electrons. The fraction of sp³-hybridized carbons (Fsp3) is 0.722. The molecule has 1 rings (SSSR count). The van der Waals surface area contributed by atoms with Crippen LogP contribution in [0.2, 0.25) is 0 Å². The number of nitrogens with zero attached hydrogens (tertiary/aromatic N) is 1. The van der Waals surface area contributed by atoms with Crippen molar-refractivity contribution in [3.8, 4) is 0 Å². The number of carboxylic acids is 1. The van der Waals surface area contributed by atoms with E-state index in [9.17, 15) is 24.3 Å². The molecule has 14 nitrogen and oxygen atoms in total. The van der Waals surface area contributed by atoms with Crippen LogP contribution in [0.4, 0.5) is 0 Å². The highest BCUT2D eigenvalue weighted by molar-refractivity contribution is 5.94. The second-order valence-electron chi connectivity index (χ2n) is 7.47. The van der Waals surface area contributed by atoms with Crippen molar-refractivity contribution in [2.24, 2.45) is 16.5 Å². The van der Waals surface area contributed by atoms with Gasteiger partial charge < -0.3 is 48.1 Å². The van der Waals surface area contributed by atoms with E-state index >= 15 is 0 Å². The molecule has 14 heteroatoms. The van der Waals surface area contributed by atoms with Crippen molar-refractivity contribution in [1.29, 1.82) is 0 Å². The van der Waals surface area contributed by atoms with Crippen molar-refractivity contribution in [3.63, 3.8) is 0 Å². The molecule has 0 aliphatic carbocycles. The van der Waals surface area contributed by atoms with Crippen LogP contribution in [-0.2, 0) is 19.2 Å². The van der Waals surface area contributed by atoms with E-state index < -0.39 is 60.6 Å². The molecule has 11 N–H and O–H groups in total. The van der Waals surface area contributed by atoms with E-state index in [0.717, 1.165) is 6.42 Å². The molecule has 0 spiro atoms. The molecule has 1 heterocycles. The summed E-state index contributed by atoms with van der Waals surface area (Å²) in [5, 5.41) is 38.2. The number of carboxylic acid groups (broad SMARTS) is 1. The number of aliphatic imine (C=N–C) groups is 1. The van der Waals surface area contributed by atoms with Gasteiger partial charge in [0.1, 0.15) is 18.1 Å². The van der Waals surface area contributed by atoms with E-state index in [1.54, 1.807) is 0 Å². The number of amides is 3. The van der Waals surface area contributed by atoms with Gasteiger partial charge in [-0.3, -0.25) is 19.4 Å². The van der Waals surface area contributed by atoms with Crippen LogP contribution in [0.25, 0.3) is 0 Å². The zero-order chi connectivity index (χ0) is 24.3. The van der Waals surface area contributed by atoms with E-state index in [0.29, 0.717) is 13.0 Å². The topological polar surface area (TPSA) is 241 Å². The Morgan fingerprint density at radius 1 is 1.12 bits per heavy atom. The number of rotatable bonds is 13. The van der Waals surface area contributed by atoms with Gasteiger partial charge in [0.15, 0.2) is 5.96 Å². The van der Waals surface area contributed by atoms with Gasteiger partial charge in [-0.2, -0.15) is 0 Å². The van der Waals surface area contributed by atoms with Crippen molar-refractivity contribution < 1.29 is 34.5 Å². The smallest absolute Gasteiger partial charge is 0.328 e. The lowest BCUT2D eigenvalue weighted by atomic mass is 10.1. The lowest BCUT2D eigenvalue weighted by Gasteiger charge is -2.26. The number of aliphatic carboxylic acids is 1. The highest BCUT2D eigenvalue weighted by Crippen LogP contribution is 2.07. The number of carbonyl (C=O) groups is 4. The van der Waals surface area contributed by atoms with Crippen molar-refractivity contribution in [3.05, 3.63) is 0 Å². The first kappa shape index (κ1) is 27.1. The summed E-state index contributed by atoms with van der Waals surface area (Å²) in [5.74, 6) is -3.76. The Morgan fingerprint density at radius 2 is 1.78 bits per heavy atom. The van der Waals surface area contributed by atoms with Crippen molar-refractivity contribution in [1.82, 2.24) is 21.3 Å². The van der Waals surface area contributed by atoms with Gasteiger partial charge in [-0.1, -0.05) is 0 Å². The lowest BCUT2D eigenvalue weighted by molar-refractivity contribution is -0.143. The Bertz CT molecular complexity index is 691. The van der Waals surface area contributed by atoms with Crippen molar-refractivity contribution in [2.45, 2.75) is 62.9 Å². The molecule has 0 aromatic rings. The zero-order valence-electron chi connectivity index (χ0n) is 17.9. The van der Waals surface area contributed by atoms with Crippen LogP contribution in [0.15, 0.2) is 4.99 Å². The second kappa shape index (κ2) is 13.4. The molecule has 5 atom stereocenters. The molecule has 32 heavy (non-hydrogen) atoms. The quantitative estimate of drug-likeness (QED) is 0.0728. The van der Waals surface area contributed by atoms with Crippen LogP contribution in [0.5, 0.6) is 0 Å². The molecular formula is C18H33N7O7. The number of aliphatic hydroxyl groups is 2. The van der Waals surface area contributed by atoms with Gasteiger partial charge in [0.2, 0.25) is 17.7 Å². The average molecular weight is 460 g/mol. The van der Waals surface area contributed by atoms with E-state index in [1.807, 2.05) is 0 Å². The minimum atomic E-state index is -1.57. The summed E-state index contributed by atoms with van der Waals surface area (Å²) in [7, 11) is 0. The van der Waals surface area contributed by atoms with E-state index in [-0.39, 0.29) is 25.3 Å². The fourth-order valence-electron chi connectivity index (χ4n) is 3.06. The summed E-state index contributed by atoms with van der Waals surface area (Å²) in [6.07, 6.45) is 0.404. The summed E-state index contributed by atoms with van der Waals surface area (Å²) in [6, 6.07) is -4.62. The van der Waals surface area contributed by atoms with Gasteiger partial charge in [-0.15, -0.1) is 0 Å². The summed E-state index contributed by atoms with van der Waals surface area (Å²) in [6.45, 7) is 1.27. The predicted molar refractivity (Wildman–Crippen MR) is 113 cm³/mol. The highest BCUT2D eigenvalue weighted by Gasteiger charge is 2.33. The number of carbonyl (C=O) groups excluding carboxylic acids is 3. The monoisotopic (exact) mass is 459 g/mol. The number of nitrogens with two attached hydrogens (primary N) is 2. The molecule has 1 fully saturated rings. The fourth-order valence-corrected chi connectivity index (χ4v) is 3.06. The van der Waals surface area contributed by atoms with Crippen LogP contribution in [0.3, 0.4) is 0 Å². The third kappa shape index (κ3) is 9.03. The molecule has 0 aromatic carbocycles. The van der Waals surface area contributed by atoms with Gasteiger partial charge in [0.25, 0.3) is 0 Å². The summed E-state index contributed by atoms with van der Waals surface area (Å²) in [5.41, 5.74) is 10.5. The standard InChI is InChI=1S/C18H33N7O7/c1-9(27)13(25-14(28)10-4-2-6-21-10)16(30)23-11(5-3-7-22-18(19)20)15(29)24-12(8-26)17(31)32/h9-13,21,26-27H,2-8H2,1H3,(H,23,30)(H,24,29)(H,25,28)(H,31,32)(H4,19,20,22). The van der Waals surface area contributed by atoms with Crippen molar-refractivity contribution >= 4 is 29.7 Å².